The highest BCUT2D eigenvalue weighted by atomic mass is 35.5. The topological polar surface area (TPSA) is 82.2 Å². The normalized spacial score (nSPS) is 24.6. The predicted octanol–water partition coefficient (Wildman–Crippen LogP) is 5.48. The zero-order chi connectivity index (χ0) is 31.5. The summed E-state index contributed by atoms with van der Waals surface area (Å²) in [6.07, 6.45) is 5.19. The number of benzene rings is 2. The molecule has 240 valence electrons. The monoisotopic (exact) mass is 654 g/mol. The second-order valence-electron chi connectivity index (χ2n) is 12.6. The molecule has 45 heavy (non-hydrogen) atoms. The van der Waals surface area contributed by atoms with Gasteiger partial charge < -0.3 is 24.6 Å². The van der Waals surface area contributed by atoms with Crippen molar-refractivity contribution in [2.45, 2.75) is 56.7 Å². The number of likely N-dealkylation sites (N-methyl/N-ethyl adjacent to an activating group) is 1. The lowest BCUT2D eigenvalue weighted by molar-refractivity contribution is -0.133. The Labute approximate surface area is 272 Å². The van der Waals surface area contributed by atoms with Gasteiger partial charge in [-0.15, -0.1) is 11.3 Å². The molecule has 1 aromatic heterocycles. The van der Waals surface area contributed by atoms with Gasteiger partial charge in [-0.1, -0.05) is 29.8 Å². The molecule has 2 amide bonds. The molecule has 0 bridgehead atoms. The molecule has 11 heteroatoms. The van der Waals surface area contributed by atoms with Gasteiger partial charge in [-0.05, 0) is 62.9 Å². The molecule has 6 rings (SSSR count). The van der Waals surface area contributed by atoms with Crippen LogP contribution in [0.4, 0.5) is 10.1 Å². The number of hydrogen-bond acceptors (Lipinski definition) is 7. The highest BCUT2D eigenvalue weighted by molar-refractivity contribution is 7.17. The number of amides is 2. The molecule has 3 aliphatic rings. The number of nitrogens with one attached hydrogen (secondary N) is 1. The van der Waals surface area contributed by atoms with Crippen molar-refractivity contribution in [2.24, 2.45) is 5.92 Å². The molecule has 1 N–H and O–H groups in total. The standard InChI is InChI=1S/C34H40ClFN4O4S/c1-38-10-12-39(13-11-38)24-16-25(20-44-26-8-6-22(19-41)7-9-26)40(18-24)33(42)15-23-14-29(35)31(17-30(23)36)37-34(43)28-21-45-32-5-3-2-4-27(28)32/h2-5,14,17,19,21-22,24-26H,6-13,15-16,18,20H2,1H3,(H,37,43)/t22-,24-,25-,26-/m0/s1. The fourth-order valence-electron chi connectivity index (χ4n) is 6.87. The first-order valence-electron chi connectivity index (χ1n) is 15.8. The summed E-state index contributed by atoms with van der Waals surface area (Å²) in [5.74, 6) is -1.01. The summed E-state index contributed by atoms with van der Waals surface area (Å²) in [4.78, 5) is 44.6. The van der Waals surface area contributed by atoms with Gasteiger partial charge in [0.25, 0.3) is 5.91 Å². The van der Waals surface area contributed by atoms with E-state index in [2.05, 4.69) is 22.2 Å². The molecular weight excluding hydrogens is 615 g/mol. The van der Waals surface area contributed by atoms with Crippen LogP contribution in [0.5, 0.6) is 0 Å². The highest BCUT2D eigenvalue weighted by Crippen LogP contribution is 2.32. The Hall–Kier alpha value is -2.89. The van der Waals surface area contributed by atoms with E-state index in [9.17, 15) is 14.4 Å². The highest BCUT2D eigenvalue weighted by Gasteiger charge is 2.39. The number of ether oxygens (including phenoxy) is 1. The summed E-state index contributed by atoms with van der Waals surface area (Å²) in [7, 11) is 2.12. The van der Waals surface area contributed by atoms with Crippen LogP contribution in [-0.4, -0.2) is 97.4 Å². The number of likely N-dealkylation sites (tertiary alicyclic amines) is 1. The molecule has 3 fully saturated rings. The number of fused-ring (bicyclic) bond motifs is 1. The Bertz CT molecular complexity index is 1540. The van der Waals surface area contributed by atoms with Crippen molar-refractivity contribution in [3.05, 3.63) is 63.7 Å². The third-order valence-corrected chi connectivity index (χ3v) is 10.9. The molecule has 2 aliphatic heterocycles. The van der Waals surface area contributed by atoms with E-state index in [-0.39, 0.29) is 58.6 Å². The summed E-state index contributed by atoms with van der Waals surface area (Å²) in [5.41, 5.74) is 0.858. The van der Waals surface area contributed by atoms with Crippen molar-refractivity contribution in [2.75, 3.05) is 51.7 Å². The van der Waals surface area contributed by atoms with Gasteiger partial charge in [0.1, 0.15) is 12.1 Å². The fraction of sp³-hybridized carbons (Fsp3) is 0.500. The number of rotatable bonds is 9. The Kier molecular flexibility index (Phi) is 10.2. The molecule has 3 heterocycles. The van der Waals surface area contributed by atoms with Crippen LogP contribution in [0.2, 0.25) is 5.02 Å². The Morgan fingerprint density at radius 3 is 2.62 bits per heavy atom. The number of aldehydes is 1. The van der Waals surface area contributed by atoms with Gasteiger partial charge in [0, 0.05) is 60.1 Å². The molecule has 1 saturated carbocycles. The summed E-state index contributed by atoms with van der Waals surface area (Å²) in [6.45, 7) is 4.88. The largest absolute Gasteiger partial charge is 0.376 e. The first kappa shape index (κ1) is 32.1. The molecule has 2 atom stereocenters. The number of halogens is 2. The summed E-state index contributed by atoms with van der Waals surface area (Å²) in [6, 6.07) is 10.4. The van der Waals surface area contributed by atoms with Crippen molar-refractivity contribution in [3.8, 4) is 0 Å². The predicted molar refractivity (Wildman–Crippen MR) is 176 cm³/mol. The molecule has 8 nitrogen and oxygen atoms in total. The van der Waals surface area contributed by atoms with E-state index in [1.165, 1.54) is 23.5 Å². The van der Waals surface area contributed by atoms with E-state index < -0.39 is 5.82 Å². The average molecular weight is 655 g/mol. The second-order valence-corrected chi connectivity index (χ2v) is 14.0. The van der Waals surface area contributed by atoms with Crippen molar-refractivity contribution in [1.29, 1.82) is 0 Å². The van der Waals surface area contributed by atoms with Crippen molar-refractivity contribution < 1.29 is 23.5 Å². The smallest absolute Gasteiger partial charge is 0.257 e. The van der Waals surface area contributed by atoms with Crippen molar-refractivity contribution in [3.63, 3.8) is 0 Å². The Morgan fingerprint density at radius 2 is 1.87 bits per heavy atom. The minimum Gasteiger partial charge on any atom is -0.376 e. The average Bonchev–Trinajstić information content (AvgIpc) is 3.68. The van der Waals surface area contributed by atoms with Crippen molar-refractivity contribution >= 4 is 56.8 Å². The molecule has 1 aliphatic carbocycles. The molecule has 0 radical (unpaired) electrons. The quantitative estimate of drug-likeness (QED) is 0.308. The maximum Gasteiger partial charge on any atom is 0.257 e. The molecule has 3 aromatic rings. The van der Waals surface area contributed by atoms with Crippen LogP contribution in [0.15, 0.2) is 41.8 Å². The zero-order valence-electron chi connectivity index (χ0n) is 25.6. The minimum absolute atomic E-state index is 0.0897. The number of carbonyl (C=O) groups excluding carboxylic acids is 3. The van der Waals surface area contributed by atoms with Gasteiger partial charge in [0.2, 0.25) is 5.91 Å². The molecule has 2 saturated heterocycles. The summed E-state index contributed by atoms with van der Waals surface area (Å²) >= 11 is 8.00. The Balaban J connectivity index is 1.13. The molecule has 2 aromatic carbocycles. The Morgan fingerprint density at radius 1 is 1.11 bits per heavy atom. The number of carbonyl (C=O) groups is 3. The third-order valence-electron chi connectivity index (χ3n) is 9.65. The van der Waals surface area contributed by atoms with E-state index in [0.29, 0.717) is 18.7 Å². The maximum absolute atomic E-state index is 15.4. The summed E-state index contributed by atoms with van der Waals surface area (Å²) in [5, 5.41) is 5.52. The number of hydrogen-bond donors (Lipinski definition) is 1. The SMILES string of the molecule is CN1CCN([C@H]2C[C@@H](CO[C@H]3CC[C@H](C=O)CC3)N(C(=O)Cc3cc(Cl)c(NC(=O)c4csc5ccccc45)cc3F)C2)CC1. The second kappa shape index (κ2) is 14.3. The number of anilines is 1. The van der Waals surface area contributed by atoms with Gasteiger partial charge >= 0.3 is 0 Å². The first-order valence-corrected chi connectivity index (χ1v) is 17.1. The van der Waals surface area contributed by atoms with Crippen LogP contribution in [0.25, 0.3) is 10.1 Å². The number of piperazine rings is 1. The van der Waals surface area contributed by atoms with E-state index in [1.54, 1.807) is 5.38 Å². The van der Waals surface area contributed by atoms with Gasteiger partial charge in [0.15, 0.2) is 0 Å². The van der Waals surface area contributed by atoms with Gasteiger partial charge in [-0.2, -0.15) is 0 Å². The van der Waals surface area contributed by atoms with Gasteiger partial charge in [0.05, 0.1) is 41.4 Å². The zero-order valence-corrected chi connectivity index (χ0v) is 27.1. The summed E-state index contributed by atoms with van der Waals surface area (Å²) < 4.78 is 22.7. The van der Waals surface area contributed by atoms with Gasteiger partial charge in [-0.25, -0.2) is 4.39 Å². The van der Waals surface area contributed by atoms with E-state index >= 15 is 4.39 Å². The van der Waals surface area contributed by atoms with Crippen LogP contribution in [0, 0.1) is 11.7 Å². The van der Waals surface area contributed by atoms with Crippen molar-refractivity contribution in [1.82, 2.24) is 14.7 Å². The molecule has 0 unspecified atom stereocenters. The lowest BCUT2D eigenvalue weighted by atomic mass is 9.88. The molecule has 0 spiro atoms. The number of nitrogens with zero attached hydrogens (tertiary/aromatic N) is 3. The van der Waals surface area contributed by atoms with Crippen LogP contribution >= 0.6 is 22.9 Å². The van der Waals surface area contributed by atoms with Crippen LogP contribution in [0.3, 0.4) is 0 Å². The lowest BCUT2D eigenvalue weighted by Gasteiger charge is -2.36. The van der Waals surface area contributed by atoms with Crippen LogP contribution in [-0.2, 0) is 20.7 Å². The number of thiophene rings is 1. The van der Waals surface area contributed by atoms with Gasteiger partial charge in [-0.3, -0.25) is 14.5 Å². The van der Waals surface area contributed by atoms with Crippen LogP contribution in [0.1, 0.15) is 48.0 Å². The van der Waals surface area contributed by atoms with Crippen LogP contribution < -0.4 is 5.32 Å². The minimum atomic E-state index is -0.590. The van der Waals surface area contributed by atoms with E-state index in [4.69, 9.17) is 16.3 Å². The first-order chi connectivity index (χ1) is 21.8. The maximum atomic E-state index is 15.4. The van der Waals surface area contributed by atoms with E-state index in [0.717, 1.165) is 74.7 Å². The lowest BCUT2D eigenvalue weighted by Crippen LogP contribution is -2.50. The fourth-order valence-corrected chi connectivity index (χ4v) is 8.05. The van der Waals surface area contributed by atoms with E-state index in [1.807, 2.05) is 29.2 Å². The molecular formula is C34H40ClFN4O4S. The third kappa shape index (κ3) is 7.41.